The Labute approximate surface area is 154 Å². The van der Waals surface area contributed by atoms with Crippen molar-refractivity contribution < 1.29 is 9.18 Å². The lowest BCUT2D eigenvalue weighted by molar-refractivity contribution is -0.131. The monoisotopic (exact) mass is 374 g/mol. The van der Waals surface area contributed by atoms with Crippen molar-refractivity contribution in [2.24, 2.45) is 0 Å². The van der Waals surface area contributed by atoms with Crippen LogP contribution in [0.2, 0.25) is 0 Å². The van der Waals surface area contributed by atoms with E-state index in [0.29, 0.717) is 12.2 Å². The second-order valence-corrected chi connectivity index (χ2v) is 7.98. The molecule has 0 saturated carbocycles. The third-order valence-electron chi connectivity index (χ3n) is 4.04. The molecule has 0 spiro atoms. The molecule has 3 nitrogen and oxygen atoms in total. The number of nitrogens with zero attached hydrogens (tertiary/aromatic N) is 2. The zero-order valence-electron chi connectivity index (χ0n) is 14.1. The molecule has 1 heterocycles. The molecule has 3 aromatic rings. The van der Waals surface area contributed by atoms with Gasteiger partial charge in [0.2, 0.25) is 5.91 Å². The van der Waals surface area contributed by atoms with Crippen LogP contribution in [0.15, 0.2) is 53.4 Å². The van der Waals surface area contributed by atoms with Crippen LogP contribution in [0, 0.1) is 5.82 Å². The molecule has 0 aliphatic rings. The quantitative estimate of drug-likeness (QED) is 0.560. The zero-order valence-corrected chi connectivity index (χ0v) is 15.7. The first kappa shape index (κ1) is 17.9. The Balaban J connectivity index is 1.56. The van der Waals surface area contributed by atoms with Crippen LogP contribution >= 0.6 is 23.1 Å². The van der Waals surface area contributed by atoms with Crippen LogP contribution in [-0.4, -0.2) is 28.6 Å². The molecule has 0 bridgehead atoms. The van der Waals surface area contributed by atoms with Crippen molar-refractivity contribution in [2.75, 3.05) is 12.8 Å². The third kappa shape index (κ3) is 4.38. The second kappa shape index (κ2) is 7.97. The predicted octanol–water partition coefficient (Wildman–Crippen LogP) is 5.14. The van der Waals surface area contributed by atoms with Gasteiger partial charge in [0, 0.05) is 24.1 Å². The molecule has 1 amide bonds. The second-order valence-electron chi connectivity index (χ2n) is 5.75. The highest BCUT2D eigenvalue weighted by molar-refractivity contribution is 7.99. The Morgan fingerprint density at radius 3 is 2.68 bits per heavy atom. The van der Waals surface area contributed by atoms with Gasteiger partial charge in [-0.25, -0.2) is 9.37 Å². The highest BCUT2D eigenvalue weighted by Gasteiger charge is 2.20. The van der Waals surface area contributed by atoms with Crippen LogP contribution < -0.4 is 0 Å². The number of carbonyl (C=O) groups excluding carboxylic acids is 1. The summed E-state index contributed by atoms with van der Waals surface area (Å²) in [4.78, 5) is 19.8. The summed E-state index contributed by atoms with van der Waals surface area (Å²) < 4.78 is 14.0. The van der Waals surface area contributed by atoms with Gasteiger partial charge in [-0.15, -0.1) is 23.1 Å². The largest absolute Gasteiger partial charge is 0.337 e. The lowest BCUT2D eigenvalue weighted by atomic mass is 10.3. The number of thiazole rings is 1. The lowest BCUT2D eigenvalue weighted by Crippen LogP contribution is -2.29. The van der Waals surface area contributed by atoms with Crippen LogP contribution in [0.5, 0.6) is 0 Å². The minimum Gasteiger partial charge on any atom is -0.337 e. The predicted molar refractivity (Wildman–Crippen MR) is 103 cm³/mol. The molecule has 130 valence electrons. The van der Waals surface area contributed by atoms with Gasteiger partial charge in [-0.2, -0.15) is 0 Å². The van der Waals surface area contributed by atoms with E-state index >= 15 is 0 Å². The molecule has 1 aromatic heterocycles. The van der Waals surface area contributed by atoms with Crippen molar-refractivity contribution in [3.63, 3.8) is 0 Å². The molecule has 0 saturated heterocycles. The maximum absolute atomic E-state index is 12.9. The Hall–Kier alpha value is -1.92. The van der Waals surface area contributed by atoms with Crippen molar-refractivity contribution in [1.82, 2.24) is 9.88 Å². The smallest absolute Gasteiger partial charge is 0.223 e. The van der Waals surface area contributed by atoms with Crippen LogP contribution in [0.4, 0.5) is 4.39 Å². The number of para-hydroxylation sites is 1. The molecule has 0 N–H and O–H groups in total. The number of amides is 1. The molecule has 2 aromatic carbocycles. The molecular formula is C19H19FN2OS2. The van der Waals surface area contributed by atoms with E-state index < -0.39 is 0 Å². The number of carbonyl (C=O) groups is 1. The molecule has 25 heavy (non-hydrogen) atoms. The van der Waals surface area contributed by atoms with E-state index in [-0.39, 0.29) is 17.8 Å². The third-order valence-corrected chi connectivity index (χ3v) is 6.26. The van der Waals surface area contributed by atoms with Gasteiger partial charge in [-0.05, 0) is 43.3 Å². The van der Waals surface area contributed by atoms with E-state index in [1.165, 1.54) is 12.1 Å². The van der Waals surface area contributed by atoms with E-state index in [1.807, 2.05) is 38.2 Å². The topological polar surface area (TPSA) is 33.2 Å². The summed E-state index contributed by atoms with van der Waals surface area (Å²) >= 11 is 3.19. The number of benzene rings is 2. The fraction of sp³-hybridized carbons (Fsp3) is 0.263. The molecule has 0 aliphatic heterocycles. The first-order valence-corrected chi connectivity index (χ1v) is 9.84. The Morgan fingerprint density at radius 1 is 1.24 bits per heavy atom. The Morgan fingerprint density at radius 2 is 1.96 bits per heavy atom. The van der Waals surface area contributed by atoms with E-state index in [0.717, 1.165) is 20.1 Å². The minimum absolute atomic E-state index is 0.0549. The Bertz CT molecular complexity index is 830. The van der Waals surface area contributed by atoms with Crippen LogP contribution in [-0.2, 0) is 4.79 Å². The lowest BCUT2D eigenvalue weighted by Gasteiger charge is -2.23. The molecule has 1 atom stereocenters. The molecule has 0 aliphatic carbocycles. The number of halogens is 1. The molecule has 0 unspecified atom stereocenters. The standard InChI is InChI=1S/C19H19FN2OS2/c1-13(19-21-16-5-3-4-6-17(16)25-19)22(2)18(23)11-12-24-15-9-7-14(20)8-10-15/h3-10,13H,11-12H2,1-2H3/t13-/m1/s1. The van der Waals surface area contributed by atoms with Crippen LogP contribution in [0.25, 0.3) is 10.2 Å². The molecule has 3 rings (SSSR count). The first-order chi connectivity index (χ1) is 12.0. The number of hydrogen-bond acceptors (Lipinski definition) is 4. The fourth-order valence-corrected chi connectivity index (χ4v) is 4.32. The average Bonchev–Trinajstić information content (AvgIpc) is 3.06. The van der Waals surface area contributed by atoms with Crippen molar-refractivity contribution in [1.29, 1.82) is 0 Å². The maximum atomic E-state index is 12.9. The number of fused-ring (bicyclic) bond motifs is 1. The fourth-order valence-electron chi connectivity index (χ4n) is 2.41. The molecule has 0 fully saturated rings. The number of thioether (sulfide) groups is 1. The molecular weight excluding hydrogens is 355 g/mol. The van der Waals surface area contributed by atoms with Crippen LogP contribution in [0.1, 0.15) is 24.4 Å². The summed E-state index contributed by atoms with van der Waals surface area (Å²) in [6.45, 7) is 2.00. The van der Waals surface area contributed by atoms with Crippen LogP contribution in [0.3, 0.4) is 0 Å². The molecule has 6 heteroatoms. The summed E-state index contributed by atoms with van der Waals surface area (Å²) in [5, 5.41) is 0.947. The van der Waals surface area contributed by atoms with E-state index in [2.05, 4.69) is 4.98 Å². The first-order valence-electron chi connectivity index (χ1n) is 8.04. The van der Waals surface area contributed by atoms with E-state index in [1.54, 1.807) is 40.1 Å². The highest BCUT2D eigenvalue weighted by Crippen LogP contribution is 2.29. The van der Waals surface area contributed by atoms with Crippen molar-refractivity contribution in [3.8, 4) is 0 Å². The molecule has 0 radical (unpaired) electrons. The van der Waals surface area contributed by atoms with Gasteiger partial charge >= 0.3 is 0 Å². The summed E-state index contributed by atoms with van der Waals surface area (Å²) in [5.41, 5.74) is 0.974. The Kier molecular flexibility index (Phi) is 5.71. The normalized spacial score (nSPS) is 12.3. The summed E-state index contributed by atoms with van der Waals surface area (Å²) in [5.74, 6) is 0.507. The van der Waals surface area contributed by atoms with Gasteiger partial charge < -0.3 is 4.90 Å². The number of aromatic nitrogens is 1. The maximum Gasteiger partial charge on any atom is 0.223 e. The van der Waals surface area contributed by atoms with Gasteiger partial charge in [0.1, 0.15) is 10.8 Å². The van der Waals surface area contributed by atoms with Crippen molar-refractivity contribution in [2.45, 2.75) is 24.3 Å². The van der Waals surface area contributed by atoms with E-state index in [4.69, 9.17) is 0 Å². The average molecular weight is 375 g/mol. The van der Waals surface area contributed by atoms with Crippen molar-refractivity contribution in [3.05, 3.63) is 59.4 Å². The SMILES string of the molecule is C[C@H](c1nc2ccccc2s1)N(C)C(=O)CCSc1ccc(F)cc1. The number of rotatable bonds is 6. The summed E-state index contributed by atoms with van der Waals surface area (Å²) in [6.07, 6.45) is 0.438. The van der Waals surface area contributed by atoms with E-state index in [9.17, 15) is 9.18 Å². The highest BCUT2D eigenvalue weighted by atomic mass is 32.2. The number of hydrogen-bond donors (Lipinski definition) is 0. The van der Waals surface area contributed by atoms with Gasteiger partial charge in [-0.1, -0.05) is 12.1 Å². The minimum atomic E-state index is -0.246. The van der Waals surface area contributed by atoms with Gasteiger partial charge in [0.05, 0.1) is 16.3 Å². The van der Waals surface area contributed by atoms with Gasteiger partial charge in [-0.3, -0.25) is 4.79 Å². The van der Waals surface area contributed by atoms with Gasteiger partial charge in [0.25, 0.3) is 0 Å². The summed E-state index contributed by atoms with van der Waals surface area (Å²) in [6, 6.07) is 14.3. The van der Waals surface area contributed by atoms with Crippen molar-refractivity contribution >= 4 is 39.2 Å². The zero-order chi connectivity index (χ0) is 17.8. The van der Waals surface area contributed by atoms with Gasteiger partial charge in [0.15, 0.2) is 0 Å². The summed E-state index contributed by atoms with van der Waals surface area (Å²) in [7, 11) is 1.82.